The average Bonchev–Trinajstić information content (AvgIpc) is 2.93. The van der Waals surface area contributed by atoms with Gasteiger partial charge in [0.05, 0.1) is 10.5 Å². The van der Waals surface area contributed by atoms with Crippen LogP contribution in [0.5, 0.6) is 0 Å². The fraction of sp³-hybridized carbons (Fsp3) is 0.286. The summed E-state index contributed by atoms with van der Waals surface area (Å²) in [6.45, 7) is 0.721. The number of hydrogen-bond acceptors (Lipinski definition) is 5. The normalized spacial score (nSPS) is 19.7. The molecule has 2 heterocycles. The summed E-state index contributed by atoms with van der Waals surface area (Å²) in [4.78, 5) is 4.11. The molecule has 1 fully saturated rings. The van der Waals surface area contributed by atoms with E-state index in [-0.39, 0.29) is 16.5 Å². The van der Waals surface area contributed by atoms with Crippen LogP contribution in [-0.2, 0) is 10.0 Å². The van der Waals surface area contributed by atoms with E-state index in [9.17, 15) is 13.7 Å². The van der Waals surface area contributed by atoms with E-state index >= 15 is 0 Å². The third-order valence-electron chi connectivity index (χ3n) is 3.67. The maximum atomic E-state index is 12.8. The minimum Gasteiger partial charge on any atom is -0.326 e. The Labute approximate surface area is 122 Å². The molecule has 7 heteroatoms. The summed E-state index contributed by atoms with van der Waals surface area (Å²) in [5.74, 6) is 0. The number of benzene rings is 1. The van der Waals surface area contributed by atoms with E-state index in [1.165, 1.54) is 16.6 Å². The van der Waals surface area contributed by atoms with Crippen molar-refractivity contribution in [2.24, 2.45) is 5.73 Å². The van der Waals surface area contributed by atoms with Gasteiger partial charge in [0.25, 0.3) is 0 Å². The van der Waals surface area contributed by atoms with Crippen molar-refractivity contribution in [1.82, 2.24) is 9.29 Å². The highest BCUT2D eigenvalue weighted by molar-refractivity contribution is 7.89. The van der Waals surface area contributed by atoms with E-state index in [1.807, 2.05) is 6.07 Å². The van der Waals surface area contributed by atoms with E-state index in [4.69, 9.17) is 5.73 Å². The maximum Gasteiger partial charge on any atom is 0.243 e. The van der Waals surface area contributed by atoms with Gasteiger partial charge in [-0.1, -0.05) is 12.1 Å². The Morgan fingerprint density at radius 2 is 2.19 bits per heavy atom. The van der Waals surface area contributed by atoms with Gasteiger partial charge in [0.2, 0.25) is 10.0 Å². The maximum absolute atomic E-state index is 12.8. The fourth-order valence-electron chi connectivity index (χ4n) is 2.61. The first-order valence-electron chi connectivity index (χ1n) is 6.56. The Balaban J connectivity index is 2.23. The smallest absolute Gasteiger partial charge is 0.243 e. The van der Waals surface area contributed by atoms with Crippen molar-refractivity contribution in [2.45, 2.75) is 17.4 Å². The van der Waals surface area contributed by atoms with Gasteiger partial charge in [-0.25, -0.2) is 8.42 Å². The molecule has 21 heavy (non-hydrogen) atoms. The molecule has 1 aliphatic heterocycles. The van der Waals surface area contributed by atoms with Crippen LogP contribution in [0.15, 0.2) is 35.5 Å². The van der Waals surface area contributed by atoms with Gasteiger partial charge >= 0.3 is 0 Å². The number of aromatic nitrogens is 1. The molecule has 0 unspecified atom stereocenters. The van der Waals surface area contributed by atoms with Crippen molar-refractivity contribution < 1.29 is 8.42 Å². The van der Waals surface area contributed by atoms with Crippen molar-refractivity contribution in [3.63, 3.8) is 0 Å². The Bertz CT molecular complexity index is 836. The number of hydrogen-bond donors (Lipinski definition) is 1. The summed E-state index contributed by atoms with van der Waals surface area (Å²) in [6.07, 6.45) is 3.60. The van der Waals surface area contributed by atoms with E-state index in [0.29, 0.717) is 30.3 Å². The fourth-order valence-corrected chi connectivity index (χ4v) is 4.36. The van der Waals surface area contributed by atoms with E-state index in [2.05, 4.69) is 4.98 Å². The van der Waals surface area contributed by atoms with E-state index in [1.54, 1.807) is 18.3 Å². The predicted molar refractivity (Wildman–Crippen MR) is 77.8 cm³/mol. The lowest BCUT2D eigenvalue weighted by Gasteiger charge is -2.17. The molecule has 6 nitrogen and oxygen atoms in total. The SMILES string of the molecule is N#Cc1cncc2cccc(S(=O)(=O)N3CC[C@H](N)C3)c12. The van der Waals surface area contributed by atoms with Crippen molar-refractivity contribution in [3.8, 4) is 6.07 Å². The number of nitrogens with zero attached hydrogens (tertiary/aromatic N) is 3. The molecule has 0 radical (unpaired) electrons. The van der Waals surface area contributed by atoms with Crippen LogP contribution in [0.1, 0.15) is 12.0 Å². The summed E-state index contributed by atoms with van der Waals surface area (Å²) in [7, 11) is -3.66. The first kappa shape index (κ1) is 13.9. The van der Waals surface area contributed by atoms with Crippen LogP contribution in [0.25, 0.3) is 10.8 Å². The second-order valence-corrected chi connectivity index (χ2v) is 6.97. The standard InChI is InChI=1S/C14H14N4O2S/c15-6-11-8-17-7-10-2-1-3-13(14(10)11)21(19,20)18-5-4-12(16)9-18/h1-3,7-8,12H,4-5,9,16H2/t12-/m0/s1. The van der Waals surface area contributed by atoms with Gasteiger partial charge < -0.3 is 5.73 Å². The third kappa shape index (κ3) is 2.27. The topological polar surface area (TPSA) is 100 Å². The molecule has 2 N–H and O–H groups in total. The molecular formula is C14H14N4O2S. The molecule has 3 rings (SSSR count). The zero-order valence-corrected chi connectivity index (χ0v) is 12.0. The quantitative estimate of drug-likeness (QED) is 0.885. The second-order valence-electron chi connectivity index (χ2n) is 5.06. The molecule has 0 bridgehead atoms. The van der Waals surface area contributed by atoms with Crippen molar-refractivity contribution >= 4 is 20.8 Å². The molecule has 0 saturated carbocycles. The third-order valence-corrected chi connectivity index (χ3v) is 5.58. The highest BCUT2D eigenvalue weighted by atomic mass is 32.2. The number of pyridine rings is 1. The predicted octanol–water partition coefficient (Wildman–Crippen LogP) is 0.828. The Morgan fingerprint density at radius 1 is 1.38 bits per heavy atom. The van der Waals surface area contributed by atoms with E-state index < -0.39 is 10.0 Å². The van der Waals surface area contributed by atoms with Gasteiger partial charge in [-0.05, 0) is 12.5 Å². The molecule has 0 spiro atoms. The minimum atomic E-state index is -3.66. The van der Waals surface area contributed by atoms with E-state index in [0.717, 1.165) is 0 Å². The Kier molecular flexibility index (Phi) is 3.37. The molecule has 1 atom stereocenters. The lowest BCUT2D eigenvalue weighted by atomic mass is 10.1. The second kappa shape index (κ2) is 5.07. The molecule has 0 amide bonds. The average molecular weight is 302 g/mol. The summed E-state index contributed by atoms with van der Waals surface area (Å²) in [5.41, 5.74) is 6.06. The van der Waals surface area contributed by atoms with Crippen molar-refractivity contribution in [1.29, 1.82) is 5.26 Å². The van der Waals surface area contributed by atoms with Crippen LogP contribution in [-0.4, -0.2) is 36.8 Å². The summed E-state index contributed by atoms with van der Waals surface area (Å²) < 4.78 is 27.0. The van der Waals surface area contributed by atoms with Crippen LogP contribution in [0.2, 0.25) is 0 Å². The molecule has 1 aromatic carbocycles. The number of fused-ring (bicyclic) bond motifs is 1. The van der Waals surface area contributed by atoms with Crippen LogP contribution in [0.3, 0.4) is 0 Å². The first-order valence-corrected chi connectivity index (χ1v) is 8.00. The molecular weight excluding hydrogens is 288 g/mol. The number of nitriles is 1. The molecule has 1 aromatic heterocycles. The molecule has 1 saturated heterocycles. The van der Waals surface area contributed by atoms with Gasteiger partial charge in [0.15, 0.2) is 0 Å². The lowest BCUT2D eigenvalue weighted by Crippen LogP contribution is -2.32. The van der Waals surface area contributed by atoms with Crippen LogP contribution in [0.4, 0.5) is 0 Å². The van der Waals surface area contributed by atoms with Gasteiger partial charge in [0, 0.05) is 42.3 Å². The minimum absolute atomic E-state index is 0.133. The van der Waals surface area contributed by atoms with Gasteiger partial charge in [-0.15, -0.1) is 0 Å². The molecule has 0 aliphatic carbocycles. The summed E-state index contributed by atoms with van der Waals surface area (Å²) in [6, 6.07) is 6.82. The highest BCUT2D eigenvalue weighted by Gasteiger charge is 2.32. The molecule has 1 aliphatic rings. The number of rotatable bonds is 2. The number of nitrogens with two attached hydrogens (primary N) is 1. The lowest BCUT2D eigenvalue weighted by molar-refractivity contribution is 0.473. The van der Waals surface area contributed by atoms with Crippen molar-refractivity contribution in [3.05, 3.63) is 36.2 Å². The molecule has 108 valence electrons. The van der Waals surface area contributed by atoms with Crippen LogP contribution < -0.4 is 5.73 Å². The molecule has 2 aromatic rings. The summed E-state index contributed by atoms with van der Waals surface area (Å²) in [5, 5.41) is 10.3. The zero-order chi connectivity index (χ0) is 15.0. The summed E-state index contributed by atoms with van der Waals surface area (Å²) >= 11 is 0. The Hall–Kier alpha value is -2.01. The zero-order valence-electron chi connectivity index (χ0n) is 11.2. The van der Waals surface area contributed by atoms with Gasteiger partial charge in [-0.2, -0.15) is 9.57 Å². The van der Waals surface area contributed by atoms with Gasteiger partial charge in [-0.3, -0.25) is 4.98 Å². The van der Waals surface area contributed by atoms with Gasteiger partial charge in [0.1, 0.15) is 6.07 Å². The van der Waals surface area contributed by atoms with Crippen LogP contribution in [0, 0.1) is 11.3 Å². The van der Waals surface area contributed by atoms with Crippen molar-refractivity contribution in [2.75, 3.05) is 13.1 Å². The first-order chi connectivity index (χ1) is 10.0. The Morgan fingerprint density at radius 3 is 2.86 bits per heavy atom. The largest absolute Gasteiger partial charge is 0.326 e. The highest BCUT2D eigenvalue weighted by Crippen LogP contribution is 2.29. The van der Waals surface area contributed by atoms with Crippen LogP contribution >= 0.6 is 0 Å². The number of sulfonamides is 1. The monoisotopic (exact) mass is 302 g/mol.